The maximum Gasteiger partial charge on any atom is 0.151 e. The van der Waals surface area contributed by atoms with Crippen LogP contribution in [-0.4, -0.2) is 23.7 Å². The fourth-order valence-corrected chi connectivity index (χ4v) is 4.35. The molecule has 0 saturated carbocycles. The van der Waals surface area contributed by atoms with E-state index in [1.54, 1.807) is 0 Å². The fraction of sp³-hybridized carbons (Fsp3) is 0.350. The fourth-order valence-electron chi connectivity index (χ4n) is 3.17. The van der Waals surface area contributed by atoms with Crippen molar-refractivity contribution in [1.29, 1.82) is 0 Å². The Morgan fingerprint density at radius 3 is 2.84 bits per heavy atom. The summed E-state index contributed by atoms with van der Waals surface area (Å²) in [5.74, 6) is 0.886. The molecule has 4 rings (SSSR count). The molecule has 0 aliphatic carbocycles. The highest BCUT2D eigenvalue weighted by Crippen LogP contribution is 2.33. The number of thiophene rings is 1. The molecule has 1 atom stereocenters. The third kappa shape index (κ3) is 4.00. The summed E-state index contributed by atoms with van der Waals surface area (Å²) in [4.78, 5) is 4.96. The second-order valence-corrected chi connectivity index (χ2v) is 7.72. The van der Waals surface area contributed by atoms with E-state index in [2.05, 4.69) is 29.2 Å². The molecule has 25 heavy (non-hydrogen) atoms. The SMILES string of the molecule is CN(Cc1cc(-c2ccccc2)no1)Cc1ccc([C@H]2CCCO2)s1. The van der Waals surface area contributed by atoms with Gasteiger partial charge >= 0.3 is 0 Å². The van der Waals surface area contributed by atoms with E-state index in [0.29, 0.717) is 6.10 Å². The summed E-state index contributed by atoms with van der Waals surface area (Å²) in [5.41, 5.74) is 1.97. The summed E-state index contributed by atoms with van der Waals surface area (Å²) in [5, 5.41) is 4.19. The lowest BCUT2D eigenvalue weighted by Gasteiger charge is -2.13. The third-order valence-corrected chi connectivity index (χ3v) is 5.57. The molecule has 0 unspecified atom stereocenters. The van der Waals surface area contributed by atoms with E-state index >= 15 is 0 Å². The van der Waals surface area contributed by atoms with Gasteiger partial charge in [0.1, 0.15) is 5.69 Å². The molecule has 1 saturated heterocycles. The van der Waals surface area contributed by atoms with Gasteiger partial charge in [-0.15, -0.1) is 11.3 Å². The Hall–Kier alpha value is -1.95. The van der Waals surface area contributed by atoms with Gasteiger partial charge in [-0.25, -0.2) is 0 Å². The third-order valence-electron chi connectivity index (χ3n) is 4.41. The van der Waals surface area contributed by atoms with Crippen LogP contribution in [-0.2, 0) is 17.8 Å². The molecule has 130 valence electrons. The highest BCUT2D eigenvalue weighted by molar-refractivity contribution is 7.12. The number of rotatable bonds is 6. The monoisotopic (exact) mass is 354 g/mol. The number of hydrogen-bond acceptors (Lipinski definition) is 5. The van der Waals surface area contributed by atoms with Gasteiger partial charge in [0.15, 0.2) is 5.76 Å². The van der Waals surface area contributed by atoms with E-state index in [-0.39, 0.29) is 0 Å². The topological polar surface area (TPSA) is 38.5 Å². The molecule has 0 spiro atoms. The number of aromatic nitrogens is 1. The lowest BCUT2D eigenvalue weighted by atomic mass is 10.1. The Balaban J connectivity index is 1.36. The Bertz CT molecular complexity index is 806. The van der Waals surface area contributed by atoms with Crippen molar-refractivity contribution in [3.8, 4) is 11.3 Å². The van der Waals surface area contributed by atoms with Crippen LogP contribution < -0.4 is 0 Å². The Labute approximate surface area is 152 Å². The van der Waals surface area contributed by atoms with Crippen molar-refractivity contribution < 1.29 is 9.26 Å². The van der Waals surface area contributed by atoms with Gasteiger partial charge in [0, 0.05) is 34.5 Å². The predicted octanol–water partition coefficient (Wildman–Crippen LogP) is 4.89. The molecule has 1 aromatic carbocycles. The zero-order chi connectivity index (χ0) is 17.1. The number of nitrogens with zero attached hydrogens (tertiary/aromatic N) is 2. The van der Waals surface area contributed by atoms with Gasteiger partial charge in [-0.1, -0.05) is 35.5 Å². The van der Waals surface area contributed by atoms with Crippen LogP contribution in [0.2, 0.25) is 0 Å². The normalized spacial score (nSPS) is 17.4. The molecule has 1 fully saturated rings. The molecule has 2 aromatic heterocycles. The first-order valence-electron chi connectivity index (χ1n) is 8.68. The van der Waals surface area contributed by atoms with E-state index < -0.39 is 0 Å². The molecule has 0 N–H and O–H groups in total. The second kappa shape index (κ2) is 7.52. The first-order chi connectivity index (χ1) is 12.3. The molecular weight excluding hydrogens is 332 g/mol. The van der Waals surface area contributed by atoms with Gasteiger partial charge in [-0.05, 0) is 32.0 Å². The average molecular weight is 354 g/mol. The van der Waals surface area contributed by atoms with Gasteiger partial charge in [-0.3, -0.25) is 4.90 Å². The lowest BCUT2D eigenvalue weighted by molar-refractivity contribution is 0.114. The van der Waals surface area contributed by atoms with Crippen molar-refractivity contribution in [3.05, 3.63) is 64.0 Å². The number of ether oxygens (including phenoxy) is 1. The maximum absolute atomic E-state index is 5.77. The minimum atomic E-state index is 0.312. The first kappa shape index (κ1) is 16.5. The summed E-state index contributed by atoms with van der Waals surface area (Å²) in [6.45, 7) is 2.54. The van der Waals surface area contributed by atoms with Crippen LogP contribution >= 0.6 is 11.3 Å². The van der Waals surface area contributed by atoms with Crippen LogP contribution in [0.4, 0.5) is 0 Å². The number of hydrogen-bond donors (Lipinski definition) is 0. The van der Waals surface area contributed by atoms with Crippen molar-refractivity contribution in [2.75, 3.05) is 13.7 Å². The van der Waals surface area contributed by atoms with Crippen molar-refractivity contribution in [3.63, 3.8) is 0 Å². The average Bonchev–Trinajstić information content (AvgIpc) is 3.37. The minimum Gasteiger partial charge on any atom is -0.373 e. The molecule has 5 heteroatoms. The highest BCUT2D eigenvalue weighted by Gasteiger charge is 2.19. The van der Waals surface area contributed by atoms with Gasteiger partial charge in [0.2, 0.25) is 0 Å². The molecular formula is C20H22N2O2S. The Morgan fingerprint density at radius 2 is 2.04 bits per heavy atom. The molecule has 0 radical (unpaired) electrons. The van der Waals surface area contributed by atoms with E-state index in [1.807, 2.05) is 47.7 Å². The van der Waals surface area contributed by atoms with Crippen molar-refractivity contribution in [1.82, 2.24) is 10.1 Å². The van der Waals surface area contributed by atoms with Gasteiger partial charge in [0.05, 0.1) is 12.6 Å². The second-order valence-electron chi connectivity index (χ2n) is 6.52. The molecule has 4 nitrogen and oxygen atoms in total. The van der Waals surface area contributed by atoms with Crippen LogP contribution in [0.25, 0.3) is 11.3 Å². The Kier molecular flexibility index (Phi) is 4.97. The summed E-state index contributed by atoms with van der Waals surface area (Å²) in [6.07, 6.45) is 2.63. The zero-order valence-electron chi connectivity index (χ0n) is 14.4. The summed E-state index contributed by atoms with van der Waals surface area (Å²) < 4.78 is 11.3. The van der Waals surface area contributed by atoms with E-state index in [4.69, 9.17) is 9.26 Å². The summed E-state index contributed by atoms with van der Waals surface area (Å²) in [7, 11) is 2.11. The van der Waals surface area contributed by atoms with E-state index in [0.717, 1.165) is 43.1 Å². The predicted molar refractivity (Wildman–Crippen MR) is 99.4 cm³/mol. The quantitative estimate of drug-likeness (QED) is 0.632. The molecule has 1 aliphatic heterocycles. The summed E-state index contributed by atoms with van der Waals surface area (Å²) >= 11 is 1.86. The number of benzene rings is 1. The van der Waals surface area contributed by atoms with Crippen LogP contribution in [0.5, 0.6) is 0 Å². The largest absolute Gasteiger partial charge is 0.373 e. The smallest absolute Gasteiger partial charge is 0.151 e. The molecule has 3 heterocycles. The van der Waals surface area contributed by atoms with Crippen LogP contribution in [0.1, 0.15) is 34.5 Å². The van der Waals surface area contributed by atoms with Crippen molar-refractivity contribution >= 4 is 11.3 Å². The summed E-state index contributed by atoms with van der Waals surface area (Å²) in [6, 6.07) is 16.6. The lowest BCUT2D eigenvalue weighted by Crippen LogP contribution is -2.16. The van der Waals surface area contributed by atoms with Crippen LogP contribution in [0.15, 0.2) is 53.1 Å². The molecule has 3 aromatic rings. The van der Waals surface area contributed by atoms with Crippen LogP contribution in [0.3, 0.4) is 0 Å². The Morgan fingerprint density at radius 1 is 1.16 bits per heavy atom. The molecule has 0 bridgehead atoms. The van der Waals surface area contributed by atoms with Crippen LogP contribution in [0, 0.1) is 0 Å². The zero-order valence-corrected chi connectivity index (χ0v) is 15.2. The van der Waals surface area contributed by atoms with E-state index in [1.165, 1.54) is 16.2 Å². The maximum atomic E-state index is 5.77. The van der Waals surface area contributed by atoms with Crippen molar-refractivity contribution in [2.45, 2.75) is 32.0 Å². The van der Waals surface area contributed by atoms with E-state index in [9.17, 15) is 0 Å². The minimum absolute atomic E-state index is 0.312. The highest BCUT2D eigenvalue weighted by atomic mass is 32.1. The van der Waals surface area contributed by atoms with Gasteiger partial charge in [-0.2, -0.15) is 0 Å². The molecule has 0 amide bonds. The van der Waals surface area contributed by atoms with Gasteiger partial charge < -0.3 is 9.26 Å². The first-order valence-corrected chi connectivity index (χ1v) is 9.49. The standard InChI is InChI=1S/C20H22N2O2S/c1-22(14-17-9-10-20(25-17)19-8-5-11-23-19)13-16-12-18(21-24-16)15-6-3-2-4-7-15/h2-4,6-7,9-10,12,19H,5,8,11,13-14H2,1H3/t19-/m1/s1. The van der Waals surface area contributed by atoms with Gasteiger partial charge in [0.25, 0.3) is 0 Å². The molecule has 1 aliphatic rings. The van der Waals surface area contributed by atoms with Crippen molar-refractivity contribution in [2.24, 2.45) is 0 Å².